The molecular weight excluding hydrogens is 576 g/mol. The number of barbiturate groups is 1. The smallest absolute Gasteiger partial charge is 0.335 e. The van der Waals surface area contributed by atoms with Crippen LogP contribution < -0.4 is 20.3 Å². The first kappa shape index (κ1) is 29.1. The molecule has 0 bridgehead atoms. The molecule has 9 nitrogen and oxygen atoms in total. The molecule has 0 saturated carbocycles. The van der Waals surface area contributed by atoms with Gasteiger partial charge in [-0.1, -0.05) is 18.2 Å². The van der Waals surface area contributed by atoms with E-state index in [4.69, 9.17) is 4.74 Å². The Bertz CT molecular complexity index is 1820. The number of ether oxygens (including phenoxy) is 1. The maximum Gasteiger partial charge on any atom is 0.335 e. The highest BCUT2D eigenvalue weighted by molar-refractivity contribution is 7.15. The number of hydrogen-bond acceptors (Lipinski definition) is 6. The number of aryl methyl sites for hydroxylation is 2. The molecule has 1 aliphatic carbocycles. The van der Waals surface area contributed by atoms with E-state index in [0.29, 0.717) is 29.2 Å². The van der Waals surface area contributed by atoms with E-state index in [1.54, 1.807) is 35.6 Å². The van der Waals surface area contributed by atoms with E-state index in [0.717, 1.165) is 58.2 Å². The summed E-state index contributed by atoms with van der Waals surface area (Å²) in [6, 6.07) is 17.0. The van der Waals surface area contributed by atoms with Crippen LogP contribution >= 0.6 is 11.3 Å². The zero-order valence-corrected chi connectivity index (χ0v) is 25.5. The number of aromatic nitrogens is 1. The Morgan fingerprint density at radius 2 is 1.75 bits per heavy atom. The van der Waals surface area contributed by atoms with Gasteiger partial charge in [-0.15, -0.1) is 11.3 Å². The van der Waals surface area contributed by atoms with Crippen LogP contribution in [0.1, 0.15) is 57.5 Å². The van der Waals surface area contributed by atoms with Crippen molar-refractivity contribution in [3.63, 3.8) is 0 Å². The standard InChI is InChI=1S/C34H32N4O5S/c1-4-43-25-16-14-24(15-17-25)38-32(41)27(30(39)36-34(38)42)19-22-18-20(2)37(21(22)3)33-29(26-12-8-9-13-28(26)44-33)31(40)35-23-10-6-5-7-11-23/h5-7,10-11,14-19H,4,8-9,12-13H2,1-3H3,(H,35,40)(H,36,39,42)/b27-19+. The van der Waals surface area contributed by atoms with Gasteiger partial charge in [-0.2, -0.15) is 0 Å². The van der Waals surface area contributed by atoms with Crippen LogP contribution in [0.5, 0.6) is 5.75 Å². The molecule has 6 rings (SSSR count). The van der Waals surface area contributed by atoms with Crippen LogP contribution in [0.2, 0.25) is 0 Å². The van der Waals surface area contributed by atoms with Crippen molar-refractivity contribution in [2.75, 3.05) is 16.8 Å². The maximum atomic E-state index is 13.8. The predicted octanol–water partition coefficient (Wildman–Crippen LogP) is 6.35. The third kappa shape index (κ3) is 5.33. The number of benzene rings is 2. The second-order valence-electron chi connectivity index (χ2n) is 10.8. The van der Waals surface area contributed by atoms with Gasteiger partial charge in [0.25, 0.3) is 17.7 Å². The van der Waals surface area contributed by atoms with Gasteiger partial charge < -0.3 is 14.6 Å². The van der Waals surface area contributed by atoms with Gasteiger partial charge in [-0.3, -0.25) is 19.7 Å². The second kappa shape index (κ2) is 12.0. The lowest BCUT2D eigenvalue weighted by molar-refractivity contribution is -0.122. The lowest BCUT2D eigenvalue weighted by Gasteiger charge is -2.26. The number of para-hydroxylation sites is 1. The molecule has 224 valence electrons. The van der Waals surface area contributed by atoms with Crippen molar-refractivity contribution in [2.24, 2.45) is 0 Å². The molecule has 2 N–H and O–H groups in total. The van der Waals surface area contributed by atoms with E-state index in [-0.39, 0.29) is 11.5 Å². The third-order valence-corrected chi connectivity index (χ3v) is 9.17. The molecular formula is C34H32N4O5S. The van der Waals surface area contributed by atoms with Gasteiger partial charge in [-0.25, -0.2) is 9.69 Å². The zero-order chi connectivity index (χ0) is 31.0. The minimum absolute atomic E-state index is 0.161. The summed E-state index contributed by atoms with van der Waals surface area (Å²) in [4.78, 5) is 55.2. The van der Waals surface area contributed by atoms with Crippen molar-refractivity contribution in [1.82, 2.24) is 9.88 Å². The molecule has 0 spiro atoms. The molecule has 1 fully saturated rings. The highest BCUT2D eigenvalue weighted by Gasteiger charge is 2.37. The van der Waals surface area contributed by atoms with Crippen molar-refractivity contribution in [1.29, 1.82) is 0 Å². The molecule has 0 atom stereocenters. The molecule has 2 aromatic heterocycles. The first-order valence-electron chi connectivity index (χ1n) is 14.6. The molecule has 4 aromatic rings. The monoisotopic (exact) mass is 608 g/mol. The Kier molecular flexibility index (Phi) is 7.92. The lowest BCUT2D eigenvalue weighted by atomic mass is 9.95. The van der Waals surface area contributed by atoms with Crippen molar-refractivity contribution >= 4 is 52.5 Å². The fourth-order valence-electron chi connectivity index (χ4n) is 5.81. The maximum absolute atomic E-state index is 13.8. The van der Waals surface area contributed by atoms with Gasteiger partial charge >= 0.3 is 6.03 Å². The van der Waals surface area contributed by atoms with Gasteiger partial charge in [0, 0.05) is 22.0 Å². The van der Waals surface area contributed by atoms with Gasteiger partial charge in [-0.05, 0) is 106 Å². The summed E-state index contributed by atoms with van der Waals surface area (Å²) in [6.45, 7) is 6.18. The van der Waals surface area contributed by atoms with Crippen LogP contribution in [0, 0.1) is 13.8 Å². The Morgan fingerprint density at radius 3 is 2.48 bits per heavy atom. The summed E-state index contributed by atoms with van der Waals surface area (Å²) in [6.07, 6.45) is 5.38. The SMILES string of the molecule is CCOc1ccc(N2C(=O)NC(=O)/C(=C\c3cc(C)n(-c4sc5c(c4C(=O)Nc4ccccc4)CCCC5)c3C)C2=O)cc1. The average molecular weight is 609 g/mol. The molecule has 1 aliphatic heterocycles. The molecule has 2 aliphatic rings. The number of hydrogen-bond donors (Lipinski definition) is 2. The van der Waals surface area contributed by atoms with Gasteiger partial charge in [0.05, 0.1) is 17.9 Å². The molecule has 0 radical (unpaired) electrons. The van der Waals surface area contributed by atoms with E-state index in [2.05, 4.69) is 10.6 Å². The summed E-state index contributed by atoms with van der Waals surface area (Å²) < 4.78 is 7.49. The Balaban J connectivity index is 1.38. The van der Waals surface area contributed by atoms with Gasteiger partial charge in [0.2, 0.25) is 0 Å². The highest BCUT2D eigenvalue weighted by atomic mass is 32.1. The number of fused-ring (bicyclic) bond motifs is 1. The number of nitrogens with zero attached hydrogens (tertiary/aromatic N) is 2. The van der Waals surface area contributed by atoms with E-state index in [1.807, 2.05) is 61.7 Å². The summed E-state index contributed by atoms with van der Waals surface area (Å²) in [5.41, 5.74) is 4.89. The van der Waals surface area contributed by atoms with Gasteiger partial charge in [0.1, 0.15) is 16.3 Å². The van der Waals surface area contributed by atoms with Crippen LogP contribution in [0.4, 0.5) is 16.2 Å². The number of amides is 5. The van der Waals surface area contributed by atoms with Crippen LogP contribution in [-0.2, 0) is 22.4 Å². The third-order valence-electron chi connectivity index (χ3n) is 7.89. The number of carbonyl (C=O) groups excluding carboxylic acids is 4. The van der Waals surface area contributed by atoms with E-state index < -0.39 is 17.8 Å². The molecule has 5 amide bonds. The fourth-order valence-corrected chi connectivity index (χ4v) is 7.31. The first-order chi connectivity index (χ1) is 21.3. The van der Waals surface area contributed by atoms with Crippen LogP contribution in [0.3, 0.4) is 0 Å². The fraction of sp³-hybridized carbons (Fsp3) is 0.235. The van der Waals surface area contributed by atoms with E-state index in [9.17, 15) is 19.2 Å². The van der Waals surface area contributed by atoms with Crippen molar-refractivity contribution in [2.45, 2.75) is 46.5 Å². The number of anilines is 2. The number of imide groups is 2. The highest BCUT2D eigenvalue weighted by Crippen LogP contribution is 2.39. The second-order valence-corrected chi connectivity index (χ2v) is 11.8. The number of rotatable bonds is 7. The van der Waals surface area contributed by atoms with Crippen molar-refractivity contribution < 1.29 is 23.9 Å². The number of urea groups is 1. The predicted molar refractivity (Wildman–Crippen MR) is 171 cm³/mol. The summed E-state index contributed by atoms with van der Waals surface area (Å²) in [5, 5.41) is 6.17. The molecule has 44 heavy (non-hydrogen) atoms. The number of thiophene rings is 1. The summed E-state index contributed by atoms with van der Waals surface area (Å²) >= 11 is 1.62. The van der Waals surface area contributed by atoms with Crippen molar-refractivity contribution in [3.05, 3.63) is 99.2 Å². The van der Waals surface area contributed by atoms with Gasteiger partial charge in [0.15, 0.2) is 0 Å². The van der Waals surface area contributed by atoms with Crippen LogP contribution in [0.15, 0.2) is 66.2 Å². The summed E-state index contributed by atoms with van der Waals surface area (Å²) in [7, 11) is 0. The number of nitrogens with one attached hydrogen (secondary N) is 2. The summed E-state index contributed by atoms with van der Waals surface area (Å²) in [5.74, 6) is -1.04. The van der Waals surface area contributed by atoms with E-state index >= 15 is 0 Å². The lowest BCUT2D eigenvalue weighted by Crippen LogP contribution is -2.54. The van der Waals surface area contributed by atoms with Crippen LogP contribution in [-0.4, -0.2) is 34.9 Å². The Hall–Kier alpha value is -4.96. The number of carbonyl (C=O) groups is 4. The average Bonchev–Trinajstić information content (AvgIpc) is 3.52. The molecule has 2 aromatic carbocycles. The van der Waals surface area contributed by atoms with Crippen molar-refractivity contribution in [3.8, 4) is 10.8 Å². The Labute approximate surface area is 259 Å². The Morgan fingerprint density at radius 1 is 1.02 bits per heavy atom. The molecule has 0 unspecified atom stereocenters. The largest absolute Gasteiger partial charge is 0.494 e. The topological polar surface area (TPSA) is 110 Å². The van der Waals surface area contributed by atoms with E-state index in [1.165, 1.54) is 11.0 Å². The molecule has 1 saturated heterocycles. The zero-order valence-electron chi connectivity index (χ0n) is 24.7. The quantitative estimate of drug-likeness (QED) is 0.188. The minimum Gasteiger partial charge on any atom is -0.494 e. The molecule has 10 heteroatoms. The minimum atomic E-state index is -0.815. The normalized spacial score (nSPS) is 15.8. The first-order valence-corrected chi connectivity index (χ1v) is 15.4. The van der Waals surface area contributed by atoms with Crippen LogP contribution in [0.25, 0.3) is 11.1 Å². The molecule has 3 heterocycles.